The molecule has 0 atom stereocenters. The van der Waals surface area contributed by atoms with Crippen LogP contribution in [0, 0.1) is 0 Å². The molecule has 4 nitrogen and oxygen atoms in total. The molecule has 1 aliphatic rings. The van der Waals surface area contributed by atoms with Gasteiger partial charge >= 0.3 is 5.51 Å². The smallest absolute Gasteiger partial charge is 0.396 e. The van der Waals surface area contributed by atoms with Crippen molar-refractivity contribution in [3.05, 3.63) is 24.3 Å². The highest BCUT2D eigenvalue weighted by atomic mass is 32.2. The highest BCUT2D eigenvalue weighted by Crippen LogP contribution is 2.34. The first-order valence-electron chi connectivity index (χ1n) is 7.06. The van der Waals surface area contributed by atoms with Crippen LogP contribution in [0.2, 0.25) is 0 Å². The summed E-state index contributed by atoms with van der Waals surface area (Å²) >= 11 is 0. The quantitative estimate of drug-likeness (QED) is 0.777. The third-order valence-electron chi connectivity index (χ3n) is 3.58. The maximum absolute atomic E-state index is 12.5. The maximum Gasteiger partial charge on any atom is 0.501 e. The van der Waals surface area contributed by atoms with E-state index in [0.717, 1.165) is 31.4 Å². The van der Waals surface area contributed by atoms with Gasteiger partial charge in [0.15, 0.2) is 0 Å². The fraction of sp³-hybridized carbons (Fsp3) is 0.571. The molecule has 0 heterocycles. The lowest BCUT2D eigenvalue weighted by Gasteiger charge is -2.25. The molecule has 0 saturated heterocycles. The minimum Gasteiger partial charge on any atom is -0.396 e. The SMILES string of the molecule is O=S(=O)(c1ccc(N(CCCCO)C2CC2)cc1)C(F)(F)F. The Balaban J connectivity index is 2.16. The number of aliphatic hydroxyl groups is 1. The molecule has 1 aromatic carbocycles. The predicted molar refractivity (Wildman–Crippen MR) is 76.4 cm³/mol. The Morgan fingerprint density at radius 2 is 1.73 bits per heavy atom. The zero-order valence-electron chi connectivity index (χ0n) is 11.9. The van der Waals surface area contributed by atoms with E-state index in [-0.39, 0.29) is 6.61 Å². The fourth-order valence-electron chi connectivity index (χ4n) is 2.25. The Morgan fingerprint density at radius 3 is 2.18 bits per heavy atom. The molecule has 1 N–H and O–H groups in total. The van der Waals surface area contributed by atoms with Gasteiger partial charge in [-0.05, 0) is 49.9 Å². The zero-order chi connectivity index (χ0) is 16.4. The van der Waals surface area contributed by atoms with E-state index in [0.29, 0.717) is 24.7 Å². The summed E-state index contributed by atoms with van der Waals surface area (Å²) in [6.07, 6.45) is 3.46. The van der Waals surface area contributed by atoms with Gasteiger partial charge in [-0.3, -0.25) is 0 Å². The summed E-state index contributed by atoms with van der Waals surface area (Å²) in [6.45, 7) is 0.790. The summed E-state index contributed by atoms with van der Waals surface area (Å²) in [5.74, 6) is 0. The number of unbranched alkanes of at least 4 members (excludes halogenated alkanes) is 1. The molecule has 0 spiro atoms. The molecule has 124 valence electrons. The number of hydrogen-bond acceptors (Lipinski definition) is 4. The van der Waals surface area contributed by atoms with Crippen LogP contribution >= 0.6 is 0 Å². The number of benzene rings is 1. The molecule has 0 unspecified atom stereocenters. The standard InChI is InChI=1S/C14H18F3NO3S/c15-14(16,17)22(20,21)13-7-5-12(6-8-13)18(11-3-4-11)9-1-2-10-19/h5-8,11,19H,1-4,9-10H2. The van der Waals surface area contributed by atoms with Crippen molar-refractivity contribution < 1.29 is 26.7 Å². The van der Waals surface area contributed by atoms with Crippen LogP contribution in [0.15, 0.2) is 29.2 Å². The molecule has 1 saturated carbocycles. The Kier molecular flexibility index (Phi) is 5.01. The largest absolute Gasteiger partial charge is 0.501 e. The Bertz CT molecular complexity index is 595. The highest BCUT2D eigenvalue weighted by Gasteiger charge is 2.46. The van der Waals surface area contributed by atoms with Crippen LogP contribution in [0.5, 0.6) is 0 Å². The lowest BCUT2D eigenvalue weighted by molar-refractivity contribution is -0.0436. The van der Waals surface area contributed by atoms with Gasteiger partial charge in [0.05, 0.1) is 4.90 Å². The van der Waals surface area contributed by atoms with Gasteiger partial charge in [-0.2, -0.15) is 13.2 Å². The van der Waals surface area contributed by atoms with Crippen molar-refractivity contribution in [1.29, 1.82) is 0 Å². The van der Waals surface area contributed by atoms with Crippen LogP contribution in [0.1, 0.15) is 25.7 Å². The van der Waals surface area contributed by atoms with Gasteiger partial charge < -0.3 is 10.0 Å². The fourth-order valence-corrected chi connectivity index (χ4v) is 3.01. The predicted octanol–water partition coefficient (Wildman–Crippen LogP) is 2.72. The summed E-state index contributed by atoms with van der Waals surface area (Å²) in [4.78, 5) is 1.31. The molecule has 0 aliphatic heterocycles. The van der Waals surface area contributed by atoms with Crippen molar-refractivity contribution in [2.75, 3.05) is 18.1 Å². The Morgan fingerprint density at radius 1 is 1.14 bits per heavy atom. The first-order chi connectivity index (χ1) is 10.3. The van der Waals surface area contributed by atoms with E-state index in [2.05, 4.69) is 4.90 Å². The van der Waals surface area contributed by atoms with Crippen molar-refractivity contribution in [2.24, 2.45) is 0 Å². The molecule has 0 amide bonds. The topological polar surface area (TPSA) is 57.6 Å². The van der Waals surface area contributed by atoms with Crippen molar-refractivity contribution >= 4 is 15.5 Å². The van der Waals surface area contributed by atoms with Crippen molar-refractivity contribution in [3.63, 3.8) is 0 Å². The molecular weight excluding hydrogens is 319 g/mol. The lowest BCUT2D eigenvalue weighted by atomic mass is 10.2. The maximum atomic E-state index is 12.5. The first kappa shape index (κ1) is 17.1. The van der Waals surface area contributed by atoms with Crippen LogP contribution in [0.25, 0.3) is 0 Å². The monoisotopic (exact) mass is 337 g/mol. The number of aliphatic hydroxyl groups excluding tert-OH is 1. The van der Waals surface area contributed by atoms with Crippen molar-refractivity contribution in [1.82, 2.24) is 0 Å². The van der Waals surface area contributed by atoms with Gasteiger partial charge in [0.2, 0.25) is 0 Å². The summed E-state index contributed by atoms with van der Waals surface area (Å²) < 4.78 is 60.2. The molecular formula is C14H18F3NO3S. The highest BCUT2D eigenvalue weighted by molar-refractivity contribution is 7.92. The molecule has 0 bridgehead atoms. The zero-order valence-corrected chi connectivity index (χ0v) is 12.7. The van der Waals surface area contributed by atoms with E-state index >= 15 is 0 Å². The Hall–Kier alpha value is -1.28. The van der Waals surface area contributed by atoms with Gasteiger partial charge in [-0.25, -0.2) is 8.42 Å². The van der Waals surface area contributed by atoms with E-state index in [9.17, 15) is 21.6 Å². The normalized spacial score (nSPS) is 15.8. The summed E-state index contributed by atoms with van der Waals surface area (Å²) in [5.41, 5.74) is -4.58. The number of alkyl halides is 3. The van der Waals surface area contributed by atoms with Crippen LogP contribution in [-0.4, -0.2) is 38.2 Å². The van der Waals surface area contributed by atoms with Crippen molar-refractivity contribution in [3.8, 4) is 0 Å². The van der Waals surface area contributed by atoms with E-state index in [1.807, 2.05) is 0 Å². The molecule has 0 aromatic heterocycles. The first-order valence-corrected chi connectivity index (χ1v) is 8.54. The summed E-state index contributed by atoms with van der Waals surface area (Å²) in [7, 11) is -5.30. The van der Waals surface area contributed by atoms with Crippen LogP contribution in [-0.2, 0) is 9.84 Å². The van der Waals surface area contributed by atoms with E-state index < -0.39 is 20.2 Å². The number of hydrogen-bond donors (Lipinski definition) is 1. The summed E-state index contributed by atoms with van der Waals surface area (Å²) in [5, 5.41) is 8.81. The number of nitrogens with zero attached hydrogens (tertiary/aromatic N) is 1. The summed E-state index contributed by atoms with van der Waals surface area (Å²) in [6, 6.07) is 5.18. The number of halogens is 3. The number of sulfone groups is 1. The van der Waals surface area contributed by atoms with Gasteiger partial charge in [0.1, 0.15) is 0 Å². The molecule has 1 aliphatic carbocycles. The molecule has 1 aromatic rings. The average molecular weight is 337 g/mol. The average Bonchev–Trinajstić information content (AvgIpc) is 3.27. The van der Waals surface area contributed by atoms with E-state index in [1.165, 1.54) is 12.1 Å². The van der Waals surface area contributed by atoms with Gasteiger partial charge in [0.25, 0.3) is 9.84 Å². The van der Waals surface area contributed by atoms with E-state index in [4.69, 9.17) is 5.11 Å². The minimum atomic E-state index is -5.30. The molecule has 1 fully saturated rings. The van der Waals surface area contributed by atoms with E-state index in [1.54, 1.807) is 0 Å². The second-order valence-corrected chi connectivity index (χ2v) is 7.24. The number of anilines is 1. The third kappa shape index (κ3) is 3.73. The van der Waals surface area contributed by atoms with Gasteiger partial charge in [-0.1, -0.05) is 0 Å². The molecule has 2 rings (SSSR count). The second-order valence-electron chi connectivity index (χ2n) is 5.30. The minimum absolute atomic E-state index is 0.0985. The number of rotatable bonds is 7. The van der Waals surface area contributed by atoms with Crippen LogP contribution in [0.3, 0.4) is 0 Å². The third-order valence-corrected chi connectivity index (χ3v) is 5.08. The van der Waals surface area contributed by atoms with Crippen LogP contribution < -0.4 is 4.90 Å². The van der Waals surface area contributed by atoms with Gasteiger partial charge in [0, 0.05) is 24.9 Å². The lowest BCUT2D eigenvalue weighted by Crippen LogP contribution is -2.27. The van der Waals surface area contributed by atoms with Crippen molar-refractivity contribution in [2.45, 2.75) is 42.1 Å². The molecule has 22 heavy (non-hydrogen) atoms. The van der Waals surface area contributed by atoms with Crippen LogP contribution in [0.4, 0.5) is 18.9 Å². The second kappa shape index (κ2) is 6.45. The molecule has 8 heteroatoms. The van der Waals surface area contributed by atoms with Gasteiger partial charge in [-0.15, -0.1) is 0 Å². The Labute approximate surface area is 127 Å². The molecule has 0 radical (unpaired) electrons.